The van der Waals surface area contributed by atoms with Crippen molar-refractivity contribution in [1.82, 2.24) is 10.3 Å². The summed E-state index contributed by atoms with van der Waals surface area (Å²) in [6, 6.07) is 6.25. The Labute approximate surface area is 143 Å². The Morgan fingerprint density at radius 3 is 2.96 bits per heavy atom. The number of hydrogen-bond acceptors (Lipinski definition) is 5. The van der Waals surface area contributed by atoms with Gasteiger partial charge in [-0.2, -0.15) is 5.26 Å². The number of amides is 1. The summed E-state index contributed by atoms with van der Waals surface area (Å²) in [6.07, 6.45) is 0.682. The predicted molar refractivity (Wildman–Crippen MR) is 90.3 cm³/mol. The van der Waals surface area contributed by atoms with E-state index in [0.29, 0.717) is 30.8 Å². The number of carbonyl (C=O) groups excluding carboxylic acids is 1. The fourth-order valence-corrected chi connectivity index (χ4v) is 4.10. The fraction of sp³-hybridized carbons (Fsp3) is 0.353. The number of aryl methyl sites for hydroxylation is 1. The summed E-state index contributed by atoms with van der Waals surface area (Å²) < 4.78 is 13.4. The molecule has 0 saturated carbocycles. The molecule has 1 fully saturated rings. The third kappa shape index (κ3) is 2.97. The van der Waals surface area contributed by atoms with Gasteiger partial charge in [0.2, 0.25) is 5.91 Å². The van der Waals surface area contributed by atoms with Gasteiger partial charge < -0.3 is 10.2 Å². The first-order valence-electron chi connectivity index (χ1n) is 7.59. The molecule has 1 aliphatic rings. The highest BCUT2D eigenvalue weighted by atomic mass is 32.1. The Kier molecular flexibility index (Phi) is 4.24. The second kappa shape index (κ2) is 6.21. The van der Waals surface area contributed by atoms with Gasteiger partial charge in [-0.1, -0.05) is 0 Å². The molecule has 2 heterocycles. The van der Waals surface area contributed by atoms with E-state index in [9.17, 15) is 14.4 Å². The molecule has 1 unspecified atom stereocenters. The van der Waals surface area contributed by atoms with Crippen molar-refractivity contribution in [1.29, 1.82) is 5.26 Å². The van der Waals surface area contributed by atoms with Gasteiger partial charge in [0.15, 0.2) is 0 Å². The fourth-order valence-electron chi connectivity index (χ4n) is 3.13. The zero-order chi connectivity index (χ0) is 17.3. The summed E-state index contributed by atoms with van der Waals surface area (Å²) in [4.78, 5) is 18.3. The zero-order valence-electron chi connectivity index (χ0n) is 13.5. The van der Waals surface area contributed by atoms with E-state index in [-0.39, 0.29) is 5.91 Å². The van der Waals surface area contributed by atoms with Crippen LogP contribution in [0.4, 0.5) is 10.1 Å². The number of thiazole rings is 1. The number of hydrogen-bond donors (Lipinski definition) is 1. The quantitative estimate of drug-likeness (QED) is 0.929. The molecule has 0 bridgehead atoms. The van der Waals surface area contributed by atoms with Crippen molar-refractivity contribution in [2.75, 3.05) is 18.0 Å². The lowest BCUT2D eigenvalue weighted by Crippen LogP contribution is -2.47. The van der Waals surface area contributed by atoms with Crippen molar-refractivity contribution in [3.8, 4) is 6.07 Å². The first-order chi connectivity index (χ1) is 11.4. The van der Waals surface area contributed by atoms with Crippen molar-refractivity contribution in [3.05, 3.63) is 45.7 Å². The molecule has 1 aromatic heterocycles. The molecule has 7 heteroatoms. The summed E-state index contributed by atoms with van der Waals surface area (Å²) in [5.74, 6) is -0.553. The molecule has 124 valence electrons. The van der Waals surface area contributed by atoms with Crippen molar-refractivity contribution >= 4 is 22.9 Å². The van der Waals surface area contributed by atoms with Crippen molar-refractivity contribution in [3.63, 3.8) is 0 Å². The summed E-state index contributed by atoms with van der Waals surface area (Å²) >= 11 is 1.52. The Hall–Kier alpha value is -2.46. The molecular weight excluding hydrogens is 327 g/mol. The maximum Gasteiger partial charge on any atom is 0.217 e. The number of nitrogens with zero attached hydrogens (tertiary/aromatic N) is 3. The molecule has 0 spiro atoms. The first-order valence-corrected chi connectivity index (χ1v) is 8.47. The molecular formula is C17H17FN4OS. The molecule has 24 heavy (non-hydrogen) atoms. The minimum absolute atomic E-state index is 0.121. The molecule has 1 saturated heterocycles. The van der Waals surface area contributed by atoms with Gasteiger partial charge in [-0.15, -0.1) is 11.3 Å². The van der Waals surface area contributed by atoms with E-state index < -0.39 is 11.4 Å². The lowest BCUT2D eigenvalue weighted by molar-refractivity contribution is -0.120. The van der Waals surface area contributed by atoms with Gasteiger partial charge >= 0.3 is 0 Å². The van der Waals surface area contributed by atoms with Crippen LogP contribution < -0.4 is 10.2 Å². The van der Waals surface area contributed by atoms with Crippen molar-refractivity contribution in [2.24, 2.45) is 0 Å². The van der Waals surface area contributed by atoms with Crippen LogP contribution >= 0.6 is 11.3 Å². The van der Waals surface area contributed by atoms with Crippen LogP contribution in [-0.2, 0) is 10.3 Å². The van der Waals surface area contributed by atoms with E-state index in [4.69, 9.17) is 0 Å². The van der Waals surface area contributed by atoms with Crippen LogP contribution in [-0.4, -0.2) is 24.0 Å². The first kappa shape index (κ1) is 16.4. The van der Waals surface area contributed by atoms with Crippen LogP contribution in [0.25, 0.3) is 0 Å². The van der Waals surface area contributed by atoms with Crippen LogP contribution in [0.1, 0.15) is 29.6 Å². The Morgan fingerprint density at radius 2 is 2.33 bits per heavy atom. The third-order valence-electron chi connectivity index (χ3n) is 4.13. The van der Waals surface area contributed by atoms with E-state index in [1.165, 1.54) is 30.4 Å². The summed E-state index contributed by atoms with van der Waals surface area (Å²) in [5, 5.41) is 15.1. The highest BCUT2D eigenvalue weighted by molar-refractivity contribution is 7.09. The van der Waals surface area contributed by atoms with Gasteiger partial charge in [-0.05, 0) is 31.5 Å². The zero-order valence-corrected chi connectivity index (χ0v) is 14.3. The van der Waals surface area contributed by atoms with Gasteiger partial charge in [-0.25, -0.2) is 9.37 Å². The summed E-state index contributed by atoms with van der Waals surface area (Å²) in [6.45, 7) is 4.56. The van der Waals surface area contributed by atoms with Gasteiger partial charge in [-0.3, -0.25) is 4.79 Å². The Balaban J connectivity index is 1.96. The third-order valence-corrected chi connectivity index (χ3v) is 5.30. The minimum atomic E-state index is -0.578. The normalized spacial score (nSPS) is 20.0. The van der Waals surface area contributed by atoms with Gasteiger partial charge in [0.1, 0.15) is 22.4 Å². The lowest BCUT2D eigenvalue weighted by Gasteiger charge is -2.29. The van der Waals surface area contributed by atoms with Gasteiger partial charge in [0, 0.05) is 31.1 Å². The molecule has 1 aromatic carbocycles. The number of nitrogens with one attached hydrogen (secondary N) is 1. The lowest BCUT2D eigenvalue weighted by atomic mass is 9.99. The highest BCUT2D eigenvalue weighted by Gasteiger charge is 2.43. The minimum Gasteiger partial charge on any atom is -0.368 e. The Bertz CT molecular complexity index is 828. The molecule has 0 aliphatic carbocycles. The Morgan fingerprint density at radius 1 is 1.54 bits per heavy atom. The molecule has 5 nitrogen and oxygen atoms in total. The summed E-state index contributed by atoms with van der Waals surface area (Å²) in [5.41, 5.74) is 1.31. The summed E-state index contributed by atoms with van der Waals surface area (Å²) in [7, 11) is 0. The number of nitriles is 1. The van der Waals surface area contributed by atoms with Crippen LogP contribution in [0.2, 0.25) is 0 Å². The second-order valence-electron chi connectivity index (χ2n) is 6.00. The number of halogens is 1. The van der Waals surface area contributed by atoms with Crippen molar-refractivity contribution in [2.45, 2.75) is 25.8 Å². The van der Waals surface area contributed by atoms with E-state index in [1.54, 1.807) is 6.07 Å². The van der Waals surface area contributed by atoms with Crippen LogP contribution in [0.3, 0.4) is 0 Å². The molecule has 2 aromatic rings. The maximum absolute atomic E-state index is 13.4. The number of benzene rings is 1. The molecule has 1 amide bonds. The maximum atomic E-state index is 13.4. The van der Waals surface area contributed by atoms with E-state index in [1.807, 2.05) is 23.3 Å². The van der Waals surface area contributed by atoms with Gasteiger partial charge in [0.25, 0.3) is 0 Å². The monoisotopic (exact) mass is 344 g/mol. The molecule has 3 rings (SSSR count). The van der Waals surface area contributed by atoms with Gasteiger partial charge in [0.05, 0.1) is 11.3 Å². The number of rotatable bonds is 3. The van der Waals surface area contributed by atoms with E-state index in [2.05, 4.69) is 10.3 Å². The van der Waals surface area contributed by atoms with Crippen LogP contribution in [0.5, 0.6) is 0 Å². The van der Waals surface area contributed by atoms with Crippen LogP contribution in [0.15, 0.2) is 23.6 Å². The van der Waals surface area contributed by atoms with Crippen molar-refractivity contribution < 1.29 is 9.18 Å². The average molecular weight is 344 g/mol. The standard InChI is InChI=1S/C17H17FN4OS/c1-11-9-24-16(20-11)17(21-12(2)23)5-6-22(10-17)15-4-3-14(18)7-13(15)8-19/h3-4,7,9H,5-6,10H2,1-2H3,(H,21,23). The highest BCUT2D eigenvalue weighted by Crippen LogP contribution is 2.37. The number of anilines is 1. The largest absolute Gasteiger partial charge is 0.368 e. The van der Waals surface area contributed by atoms with E-state index >= 15 is 0 Å². The predicted octanol–water partition coefficient (Wildman–Crippen LogP) is 2.70. The second-order valence-corrected chi connectivity index (χ2v) is 6.86. The van der Waals surface area contributed by atoms with Crippen LogP contribution in [0, 0.1) is 24.1 Å². The molecule has 1 aliphatic heterocycles. The average Bonchev–Trinajstić information content (AvgIpc) is 3.14. The topological polar surface area (TPSA) is 69.0 Å². The van der Waals surface area contributed by atoms with E-state index in [0.717, 1.165) is 10.7 Å². The number of carbonyl (C=O) groups is 1. The molecule has 0 radical (unpaired) electrons. The number of aromatic nitrogens is 1. The molecule has 1 N–H and O–H groups in total. The molecule has 1 atom stereocenters. The SMILES string of the molecule is CC(=O)NC1(c2nc(C)cs2)CCN(c2ccc(F)cc2C#N)C1. The smallest absolute Gasteiger partial charge is 0.217 e.